The normalized spacial score (nSPS) is 16.1. The van der Waals surface area contributed by atoms with Crippen molar-refractivity contribution in [3.8, 4) is 0 Å². The highest BCUT2D eigenvalue weighted by Gasteiger charge is 2.21. The van der Waals surface area contributed by atoms with Gasteiger partial charge in [0, 0.05) is 37.3 Å². The third-order valence-electron chi connectivity index (χ3n) is 4.30. The van der Waals surface area contributed by atoms with E-state index in [0.29, 0.717) is 0 Å². The van der Waals surface area contributed by atoms with Gasteiger partial charge in [0.15, 0.2) is 0 Å². The number of halogens is 2. The van der Waals surface area contributed by atoms with Gasteiger partial charge in [-0.3, -0.25) is 9.69 Å². The summed E-state index contributed by atoms with van der Waals surface area (Å²) in [5, 5.41) is 2.88. The Morgan fingerprint density at radius 1 is 1.04 bits per heavy atom. The molecule has 0 radical (unpaired) electrons. The van der Waals surface area contributed by atoms with Crippen molar-refractivity contribution in [2.45, 2.75) is 25.4 Å². The largest absolute Gasteiger partial charge is 0.349 e. The second-order valence-electron chi connectivity index (χ2n) is 6.17. The van der Waals surface area contributed by atoms with Gasteiger partial charge in [0.2, 0.25) is 0 Å². The van der Waals surface area contributed by atoms with Gasteiger partial charge in [-0.15, -0.1) is 0 Å². The molecule has 0 unspecified atom stereocenters. The van der Waals surface area contributed by atoms with E-state index < -0.39 is 17.5 Å². The fraction of sp³-hybridized carbons (Fsp3) is 0.316. The van der Waals surface area contributed by atoms with Crippen molar-refractivity contribution in [3.63, 3.8) is 0 Å². The first kappa shape index (κ1) is 16.6. The van der Waals surface area contributed by atoms with Gasteiger partial charge in [0.25, 0.3) is 5.91 Å². The van der Waals surface area contributed by atoms with E-state index in [9.17, 15) is 13.6 Å². The molecule has 0 aromatic heterocycles. The van der Waals surface area contributed by atoms with E-state index in [2.05, 4.69) is 22.3 Å². The quantitative estimate of drug-likeness (QED) is 0.932. The molecule has 126 valence electrons. The Morgan fingerprint density at radius 2 is 1.67 bits per heavy atom. The zero-order valence-corrected chi connectivity index (χ0v) is 13.3. The van der Waals surface area contributed by atoms with Crippen LogP contribution in [0.2, 0.25) is 0 Å². The fourth-order valence-electron chi connectivity index (χ4n) is 3.03. The molecule has 5 heteroatoms. The number of rotatable bonds is 4. The summed E-state index contributed by atoms with van der Waals surface area (Å²) >= 11 is 0. The molecule has 2 aromatic rings. The maximum atomic E-state index is 13.2. The highest BCUT2D eigenvalue weighted by Crippen LogP contribution is 2.15. The summed E-state index contributed by atoms with van der Waals surface area (Å²) < 4.78 is 26.4. The van der Waals surface area contributed by atoms with Crippen molar-refractivity contribution in [3.05, 3.63) is 71.3 Å². The number of hydrogen-bond donors (Lipinski definition) is 1. The Morgan fingerprint density at radius 3 is 2.29 bits per heavy atom. The monoisotopic (exact) mass is 330 g/mol. The molecule has 1 amide bonds. The fourth-order valence-corrected chi connectivity index (χ4v) is 3.03. The first-order chi connectivity index (χ1) is 11.6. The predicted molar refractivity (Wildman–Crippen MR) is 88.6 cm³/mol. The highest BCUT2D eigenvalue weighted by atomic mass is 19.1. The smallest absolute Gasteiger partial charge is 0.251 e. The van der Waals surface area contributed by atoms with Crippen molar-refractivity contribution < 1.29 is 13.6 Å². The zero-order chi connectivity index (χ0) is 16.9. The number of carbonyl (C=O) groups is 1. The van der Waals surface area contributed by atoms with Crippen LogP contribution in [0.3, 0.4) is 0 Å². The van der Waals surface area contributed by atoms with Gasteiger partial charge in [-0.1, -0.05) is 30.3 Å². The van der Waals surface area contributed by atoms with Crippen LogP contribution in [-0.4, -0.2) is 29.9 Å². The zero-order valence-electron chi connectivity index (χ0n) is 13.3. The molecule has 1 aliphatic heterocycles. The molecule has 3 nitrogen and oxygen atoms in total. The number of benzene rings is 2. The van der Waals surface area contributed by atoms with E-state index in [0.717, 1.165) is 50.7 Å². The molecule has 1 heterocycles. The number of hydrogen-bond acceptors (Lipinski definition) is 2. The lowest BCUT2D eigenvalue weighted by Gasteiger charge is -2.32. The van der Waals surface area contributed by atoms with Crippen LogP contribution < -0.4 is 5.32 Å². The molecule has 0 bridgehead atoms. The SMILES string of the molecule is O=C(NC1CCN(Cc2ccccc2)CC1)c1cc(F)cc(F)c1. The van der Waals surface area contributed by atoms with Gasteiger partial charge >= 0.3 is 0 Å². The second-order valence-corrected chi connectivity index (χ2v) is 6.17. The van der Waals surface area contributed by atoms with Crippen LogP contribution in [0.4, 0.5) is 8.78 Å². The van der Waals surface area contributed by atoms with Gasteiger partial charge in [0.1, 0.15) is 11.6 Å². The van der Waals surface area contributed by atoms with Gasteiger partial charge in [-0.05, 0) is 30.5 Å². The Hall–Kier alpha value is -2.27. The Kier molecular flexibility index (Phi) is 5.20. The number of nitrogens with one attached hydrogen (secondary N) is 1. The lowest BCUT2D eigenvalue weighted by molar-refractivity contribution is 0.0908. The van der Waals surface area contributed by atoms with Gasteiger partial charge < -0.3 is 5.32 Å². The maximum Gasteiger partial charge on any atom is 0.251 e. The van der Waals surface area contributed by atoms with Crippen LogP contribution in [0.1, 0.15) is 28.8 Å². The summed E-state index contributed by atoms with van der Waals surface area (Å²) in [5.74, 6) is -1.90. The molecule has 1 aliphatic rings. The Balaban J connectivity index is 1.51. The molecule has 1 saturated heterocycles. The molecule has 3 rings (SSSR count). The second kappa shape index (κ2) is 7.53. The Labute approximate surface area is 140 Å². The summed E-state index contributed by atoms with van der Waals surface area (Å²) in [6.07, 6.45) is 1.66. The van der Waals surface area contributed by atoms with Crippen molar-refractivity contribution in [1.29, 1.82) is 0 Å². The summed E-state index contributed by atoms with van der Waals surface area (Å²) in [4.78, 5) is 14.5. The van der Waals surface area contributed by atoms with Crippen molar-refractivity contribution in [2.75, 3.05) is 13.1 Å². The van der Waals surface area contributed by atoms with Crippen LogP contribution in [-0.2, 0) is 6.54 Å². The van der Waals surface area contributed by atoms with Crippen LogP contribution in [0.5, 0.6) is 0 Å². The van der Waals surface area contributed by atoms with Gasteiger partial charge in [0.05, 0.1) is 0 Å². The summed E-state index contributed by atoms with van der Waals surface area (Å²) in [6.45, 7) is 2.67. The lowest BCUT2D eigenvalue weighted by atomic mass is 10.0. The highest BCUT2D eigenvalue weighted by molar-refractivity contribution is 5.94. The molecule has 2 aromatic carbocycles. The van der Waals surface area contributed by atoms with E-state index in [1.54, 1.807) is 0 Å². The molecule has 1 fully saturated rings. The van der Waals surface area contributed by atoms with E-state index in [4.69, 9.17) is 0 Å². The molecule has 0 saturated carbocycles. The van der Waals surface area contributed by atoms with E-state index in [-0.39, 0.29) is 11.6 Å². The lowest BCUT2D eigenvalue weighted by Crippen LogP contribution is -2.44. The molecular formula is C19H20F2N2O. The van der Waals surface area contributed by atoms with Gasteiger partial charge in [-0.2, -0.15) is 0 Å². The predicted octanol–water partition coefficient (Wildman–Crippen LogP) is 3.36. The van der Waals surface area contributed by atoms with Crippen molar-refractivity contribution >= 4 is 5.91 Å². The number of piperidine rings is 1. The average Bonchev–Trinajstić information content (AvgIpc) is 2.57. The van der Waals surface area contributed by atoms with E-state index in [1.165, 1.54) is 5.56 Å². The minimum atomic E-state index is -0.738. The minimum Gasteiger partial charge on any atom is -0.349 e. The first-order valence-electron chi connectivity index (χ1n) is 8.13. The molecule has 0 aliphatic carbocycles. The third-order valence-corrected chi connectivity index (χ3v) is 4.30. The van der Waals surface area contributed by atoms with Crippen LogP contribution in [0.25, 0.3) is 0 Å². The molecule has 24 heavy (non-hydrogen) atoms. The standard InChI is InChI=1S/C19H20F2N2O/c20-16-10-15(11-17(21)12-16)19(24)22-18-6-8-23(9-7-18)13-14-4-2-1-3-5-14/h1-5,10-12,18H,6-9,13H2,(H,22,24). The van der Waals surface area contributed by atoms with E-state index in [1.807, 2.05) is 18.2 Å². The number of amides is 1. The van der Waals surface area contributed by atoms with Crippen LogP contribution >= 0.6 is 0 Å². The van der Waals surface area contributed by atoms with Crippen molar-refractivity contribution in [2.24, 2.45) is 0 Å². The van der Waals surface area contributed by atoms with Crippen LogP contribution in [0.15, 0.2) is 48.5 Å². The van der Waals surface area contributed by atoms with Gasteiger partial charge in [-0.25, -0.2) is 8.78 Å². The molecule has 0 spiro atoms. The molecule has 0 atom stereocenters. The summed E-state index contributed by atoms with van der Waals surface area (Å²) in [6, 6.07) is 13.2. The summed E-state index contributed by atoms with van der Waals surface area (Å²) in [7, 11) is 0. The Bertz CT molecular complexity index is 678. The summed E-state index contributed by atoms with van der Waals surface area (Å²) in [5.41, 5.74) is 1.30. The average molecular weight is 330 g/mol. The van der Waals surface area contributed by atoms with E-state index >= 15 is 0 Å². The van der Waals surface area contributed by atoms with Crippen molar-refractivity contribution in [1.82, 2.24) is 10.2 Å². The topological polar surface area (TPSA) is 32.3 Å². The number of likely N-dealkylation sites (tertiary alicyclic amines) is 1. The number of nitrogens with zero attached hydrogens (tertiary/aromatic N) is 1. The first-order valence-corrected chi connectivity index (χ1v) is 8.13. The number of carbonyl (C=O) groups excluding carboxylic acids is 1. The molecule has 1 N–H and O–H groups in total. The maximum absolute atomic E-state index is 13.2. The van der Waals surface area contributed by atoms with Crippen LogP contribution in [0, 0.1) is 11.6 Å². The third kappa shape index (κ3) is 4.38. The molecular weight excluding hydrogens is 310 g/mol. The minimum absolute atomic E-state index is 0.0271.